The van der Waals surface area contributed by atoms with Crippen LogP contribution in [0.2, 0.25) is 0 Å². The lowest BCUT2D eigenvalue weighted by molar-refractivity contribution is -0.125. The van der Waals surface area contributed by atoms with Gasteiger partial charge in [-0.1, -0.05) is 79.9 Å². The van der Waals surface area contributed by atoms with Crippen LogP contribution in [0.4, 0.5) is 5.82 Å². The Labute approximate surface area is 241 Å². The van der Waals surface area contributed by atoms with Gasteiger partial charge in [0.1, 0.15) is 11.4 Å². The Kier molecular flexibility index (Phi) is 7.55. The molecule has 1 amide bonds. The van der Waals surface area contributed by atoms with Crippen LogP contribution in [0, 0.1) is 0 Å². The molecule has 3 N–H and O–H groups in total. The number of fused-ring (bicyclic) bond motifs is 1. The molecule has 208 valence electrons. The number of hydrogen-bond donors (Lipinski definition) is 3. The summed E-state index contributed by atoms with van der Waals surface area (Å²) < 4.78 is 0. The Morgan fingerprint density at radius 1 is 0.902 bits per heavy atom. The molecule has 3 heterocycles. The molecule has 0 aliphatic heterocycles. The van der Waals surface area contributed by atoms with E-state index in [1.54, 1.807) is 0 Å². The van der Waals surface area contributed by atoms with Gasteiger partial charge in [-0.25, -0.2) is 4.98 Å². The maximum atomic E-state index is 14.3. The molecule has 6 heteroatoms. The van der Waals surface area contributed by atoms with E-state index in [0.717, 1.165) is 59.1 Å². The maximum Gasteiger partial charge on any atom is 0.245 e. The number of para-hydroxylation sites is 1. The van der Waals surface area contributed by atoms with Gasteiger partial charge in [-0.2, -0.15) is 0 Å². The normalized spacial score (nSPS) is 16.1. The first-order valence-electron chi connectivity index (χ1n) is 14.6. The van der Waals surface area contributed by atoms with Gasteiger partial charge in [-0.3, -0.25) is 9.78 Å². The van der Waals surface area contributed by atoms with E-state index in [1.165, 1.54) is 6.42 Å². The van der Waals surface area contributed by atoms with Crippen LogP contribution in [0.25, 0.3) is 22.2 Å². The van der Waals surface area contributed by atoms with Gasteiger partial charge in [-0.15, -0.1) is 0 Å². The highest BCUT2D eigenvalue weighted by Crippen LogP contribution is 2.38. The van der Waals surface area contributed by atoms with Gasteiger partial charge >= 0.3 is 0 Å². The first kappa shape index (κ1) is 26.8. The largest absolute Gasteiger partial charge is 0.361 e. The van der Waals surface area contributed by atoms with Gasteiger partial charge < -0.3 is 15.6 Å². The Morgan fingerprint density at radius 3 is 2.49 bits per heavy atom. The van der Waals surface area contributed by atoms with Gasteiger partial charge in [0.05, 0.1) is 5.69 Å². The molecule has 0 radical (unpaired) electrons. The molecule has 1 aliphatic rings. The number of pyridine rings is 2. The molecule has 0 spiro atoms. The summed E-state index contributed by atoms with van der Waals surface area (Å²) in [5.41, 5.74) is 4.02. The van der Waals surface area contributed by atoms with E-state index >= 15 is 0 Å². The number of nitrogens with one attached hydrogen (secondary N) is 3. The summed E-state index contributed by atoms with van der Waals surface area (Å²) in [7, 11) is 0. The number of aromatic nitrogens is 3. The molecular weight excluding hydrogens is 506 g/mol. The zero-order valence-electron chi connectivity index (χ0n) is 23.6. The summed E-state index contributed by atoms with van der Waals surface area (Å²) in [5, 5.41) is 8.06. The smallest absolute Gasteiger partial charge is 0.245 e. The fourth-order valence-electron chi connectivity index (χ4n) is 6.27. The predicted octanol–water partition coefficient (Wildman–Crippen LogP) is 7.06. The topological polar surface area (TPSA) is 82.7 Å². The highest BCUT2D eigenvalue weighted by molar-refractivity contribution is 5.91. The van der Waals surface area contributed by atoms with Crippen molar-refractivity contribution in [3.8, 4) is 11.3 Å². The lowest BCUT2D eigenvalue weighted by Gasteiger charge is -2.38. The lowest BCUT2D eigenvalue weighted by atomic mass is 9.71. The van der Waals surface area contributed by atoms with Crippen LogP contribution in [0.5, 0.6) is 0 Å². The molecule has 1 fully saturated rings. The standard InChI is InChI=1S/C35H37N5O/c1-34(23-27-24-37-30-16-7-6-15-28(27)30,40-32-19-12-17-29(39-32)26-13-4-2-5-14-26)33(41)38-25-35(20-9-3-10-21-35)31-18-8-11-22-36-31/h2,4-8,11-19,22,24,37H,3,9-10,20-21,23,25H2,1H3,(H,38,41)(H,39,40)/t34-/m0/s1. The Balaban J connectivity index is 1.31. The van der Waals surface area contributed by atoms with Gasteiger partial charge in [0, 0.05) is 52.9 Å². The third kappa shape index (κ3) is 5.73. The number of carbonyl (C=O) groups excluding carboxylic acids is 1. The molecule has 41 heavy (non-hydrogen) atoms. The zero-order chi connectivity index (χ0) is 28.1. The molecule has 2 aromatic carbocycles. The van der Waals surface area contributed by atoms with Crippen molar-refractivity contribution in [2.45, 2.75) is 56.4 Å². The molecule has 1 aliphatic carbocycles. The minimum Gasteiger partial charge on any atom is -0.361 e. The second-order valence-corrected chi connectivity index (χ2v) is 11.5. The third-order valence-electron chi connectivity index (χ3n) is 8.55. The number of carbonyl (C=O) groups is 1. The van der Waals surface area contributed by atoms with E-state index in [4.69, 9.17) is 9.97 Å². The van der Waals surface area contributed by atoms with Crippen molar-refractivity contribution in [1.29, 1.82) is 0 Å². The van der Waals surface area contributed by atoms with E-state index in [-0.39, 0.29) is 11.3 Å². The molecule has 1 atom stereocenters. The fraction of sp³-hybridized carbons (Fsp3) is 0.286. The summed E-state index contributed by atoms with van der Waals surface area (Å²) in [6.45, 7) is 2.54. The van der Waals surface area contributed by atoms with E-state index in [0.29, 0.717) is 18.8 Å². The number of H-pyrrole nitrogens is 1. The third-order valence-corrected chi connectivity index (χ3v) is 8.55. The minimum absolute atomic E-state index is 0.0458. The van der Waals surface area contributed by atoms with Crippen molar-refractivity contribution >= 4 is 22.6 Å². The first-order valence-corrected chi connectivity index (χ1v) is 14.6. The van der Waals surface area contributed by atoms with E-state index in [2.05, 4.69) is 39.9 Å². The predicted molar refractivity (Wildman–Crippen MR) is 166 cm³/mol. The second-order valence-electron chi connectivity index (χ2n) is 11.5. The van der Waals surface area contributed by atoms with Crippen LogP contribution in [0.1, 0.15) is 50.3 Å². The first-order chi connectivity index (χ1) is 20.0. The molecule has 0 bridgehead atoms. The molecule has 0 saturated heterocycles. The van der Waals surface area contributed by atoms with Crippen LogP contribution < -0.4 is 10.6 Å². The zero-order valence-corrected chi connectivity index (χ0v) is 23.6. The molecule has 6 rings (SSSR count). The van der Waals surface area contributed by atoms with Crippen LogP contribution >= 0.6 is 0 Å². The Morgan fingerprint density at radius 2 is 1.68 bits per heavy atom. The maximum absolute atomic E-state index is 14.3. The van der Waals surface area contributed by atoms with E-state index in [9.17, 15) is 4.79 Å². The van der Waals surface area contributed by atoms with Gasteiger partial charge in [0.25, 0.3) is 0 Å². The highest BCUT2D eigenvalue weighted by Gasteiger charge is 2.39. The fourth-order valence-corrected chi connectivity index (χ4v) is 6.27. The van der Waals surface area contributed by atoms with E-state index in [1.807, 2.05) is 86.0 Å². The summed E-state index contributed by atoms with van der Waals surface area (Å²) in [5.74, 6) is 0.622. The van der Waals surface area contributed by atoms with E-state index < -0.39 is 5.54 Å². The minimum atomic E-state index is -0.951. The van der Waals surface area contributed by atoms with Crippen LogP contribution in [0.15, 0.2) is 103 Å². The number of nitrogens with zero attached hydrogens (tertiary/aromatic N) is 2. The molecule has 0 unspecified atom stereocenters. The Hall–Kier alpha value is -4.45. The van der Waals surface area contributed by atoms with Gasteiger partial charge in [-0.05, 0) is 55.7 Å². The number of aromatic amines is 1. The quantitative estimate of drug-likeness (QED) is 0.186. The van der Waals surface area contributed by atoms with Crippen LogP contribution in [0.3, 0.4) is 0 Å². The summed E-state index contributed by atoms with van der Waals surface area (Å²) in [6, 6.07) is 30.4. The molecule has 6 nitrogen and oxygen atoms in total. The average molecular weight is 544 g/mol. The molecular formula is C35H37N5O. The van der Waals surface area contributed by atoms with Crippen LogP contribution in [-0.2, 0) is 16.6 Å². The summed E-state index contributed by atoms with van der Waals surface area (Å²) in [6.07, 6.45) is 9.95. The number of rotatable bonds is 9. The highest BCUT2D eigenvalue weighted by atomic mass is 16.2. The van der Waals surface area contributed by atoms with Gasteiger partial charge in [0.2, 0.25) is 5.91 Å². The monoisotopic (exact) mass is 543 g/mol. The Bertz CT molecular complexity index is 1610. The van der Waals surface area contributed by atoms with Gasteiger partial charge in [0.15, 0.2) is 0 Å². The molecule has 3 aromatic heterocycles. The van der Waals surface area contributed by atoms with Crippen LogP contribution in [-0.4, -0.2) is 32.9 Å². The lowest BCUT2D eigenvalue weighted by Crippen LogP contribution is -2.55. The number of hydrogen-bond acceptors (Lipinski definition) is 4. The van der Waals surface area contributed by atoms with Crippen molar-refractivity contribution in [2.24, 2.45) is 0 Å². The number of anilines is 1. The number of amides is 1. The van der Waals surface area contributed by atoms with Crippen molar-refractivity contribution in [3.63, 3.8) is 0 Å². The molecule has 1 saturated carbocycles. The average Bonchev–Trinajstić information content (AvgIpc) is 3.43. The SMILES string of the molecule is C[C@@](Cc1c[nH]c2ccccc12)(Nc1cccc(-c2ccccc2)n1)C(=O)NCC1(c2ccccn2)CCCCC1. The summed E-state index contributed by atoms with van der Waals surface area (Å²) in [4.78, 5) is 27.3. The summed E-state index contributed by atoms with van der Waals surface area (Å²) >= 11 is 0. The van der Waals surface area contributed by atoms with Crippen molar-refractivity contribution in [2.75, 3.05) is 11.9 Å². The van der Waals surface area contributed by atoms with Crippen molar-refractivity contribution < 1.29 is 4.79 Å². The second kappa shape index (κ2) is 11.6. The van der Waals surface area contributed by atoms with Crippen molar-refractivity contribution in [1.82, 2.24) is 20.3 Å². The number of benzene rings is 2. The van der Waals surface area contributed by atoms with Crippen molar-refractivity contribution in [3.05, 3.63) is 115 Å². The molecule has 5 aromatic rings.